The Balaban J connectivity index is 2.52. The van der Waals surface area contributed by atoms with Gasteiger partial charge in [-0.3, -0.25) is 4.79 Å². The average Bonchev–Trinajstić information content (AvgIpc) is 2.80. The summed E-state index contributed by atoms with van der Waals surface area (Å²) in [6.07, 6.45) is 5.21. The standard InChI is InChI=1S/C10H7ClN4O/c11-9-3-4-10(15-7-12-13-14-15)8(6-9)2-1-5-16/h1-7H/b2-1+. The zero-order chi connectivity index (χ0) is 11.4. The highest BCUT2D eigenvalue weighted by atomic mass is 35.5. The molecule has 0 aliphatic carbocycles. The molecule has 0 N–H and O–H groups in total. The van der Waals surface area contributed by atoms with Gasteiger partial charge >= 0.3 is 0 Å². The summed E-state index contributed by atoms with van der Waals surface area (Å²) in [5.74, 6) is 0. The fourth-order valence-corrected chi connectivity index (χ4v) is 1.46. The molecule has 0 atom stereocenters. The Hall–Kier alpha value is -2.01. The van der Waals surface area contributed by atoms with Gasteiger partial charge in [-0.25, -0.2) is 0 Å². The van der Waals surface area contributed by atoms with E-state index in [1.165, 1.54) is 17.1 Å². The molecule has 1 heterocycles. The number of carbonyl (C=O) groups is 1. The molecule has 80 valence electrons. The maximum atomic E-state index is 10.3. The van der Waals surface area contributed by atoms with Gasteiger partial charge in [0.1, 0.15) is 12.6 Å². The van der Waals surface area contributed by atoms with Crippen molar-refractivity contribution in [2.45, 2.75) is 0 Å². The predicted octanol–water partition coefficient (Wildman–Crippen LogP) is 1.53. The van der Waals surface area contributed by atoms with E-state index in [0.29, 0.717) is 11.3 Å². The van der Waals surface area contributed by atoms with Gasteiger partial charge in [-0.05, 0) is 40.8 Å². The lowest BCUT2D eigenvalue weighted by atomic mass is 10.1. The molecule has 6 heteroatoms. The lowest BCUT2D eigenvalue weighted by Gasteiger charge is -2.04. The van der Waals surface area contributed by atoms with Crippen LogP contribution in [0.2, 0.25) is 5.02 Å². The lowest BCUT2D eigenvalue weighted by molar-refractivity contribution is -0.104. The van der Waals surface area contributed by atoms with Crippen molar-refractivity contribution in [1.29, 1.82) is 0 Å². The van der Waals surface area contributed by atoms with Crippen molar-refractivity contribution in [2.75, 3.05) is 0 Å². The number of aldehydes is 1. The van der Waals surface area contributed by atoms with Gasteiger partial charge in [0.2, 0.25) is 0 Å². The number of halogens is 1. The molecule has 1 aromatic carbocycles. The number of nitrogens with zero attached hydrogens (tertiary/aromatic N) is 4. The second-order valence-corrected chi connectivity index (χ2v) is 3.39. The molecule has 0 bridgehead atoms. The maximum absolute atomic E-state index is 10.3. The largest absolute Gasteiger partial charge is 0.299 e. The predicted molar refractivity (Wildman–Crippen MR) is 59.3 cm³/mol. The molecule has 1 aromatic heterocycles. The molecule has 0 aliphatic heterocycles. The number of allylic oxidation sites excluding steroid dienone is 1. The van der Waals surface area contributed by atoms with Gasteiger partial charge in [-0.1, -0.05) is 11.6 Å². The molecule has 0 saturated carbocycles. The first-order valence-electron chi connectivity index (χ1n) is 4.46. The summed E-state index contributed by atoms with van der Waals surface area (Å²) in [6.45, 7) is 0. The van der Waals surface area contributed by atoms with Gasteiger partial charge in [-0.2, -0.15) is 4.68 Å². The summed E-state index contributed by atoms with van der Waals surface area (Å²) >= 11 is 5.87. The van der Waals surface area contributed by atoms with Crippen molar-refractivity contribution in [3.8, 4) is 5.69 Å². The van der Waals surface area contributed by atoms with Crippen LogP contribution in [0.4, 0.5) is 0 Å². The highest BCUT2D eigenvalue weighted by molar-refractivity contribution is 6.30. The number of rotatable bonds is 3. The van der Waals surface area contributed by atoms with Gasteiger partial charge in [0.15, 0.2) is 0 Å². The van der Waals surface area contributed by atoms with Crippen LogP contribution in [0.15, 0.2) is 30.6 Å². The van der Waals surface area contributed by atoms with E-state index in [0.717, 1.165) is 11.3 Å². The van der Waals surface area contributed by atoms with Gasteiger partial charge in [0.25, 0.3) is 0 Å². The number of carbonyl (C=O) groups excluding carboxylic acids is 1. The van der Waals surface area contributed by atoms with Crippen LogP contribution in [-0.4, -0.2) is 26.5 Å². The molecule has 0 aliphatic rings. The topological polar surface area (TPSA) is 60.7 Å². The van der Waals surface area contributed by atoms with Crippen molar-refractivity contribution >= 4 is 24.0 Å². The zero-order valence-electron chi connectivity index (χ0n) is 8.12. The Morgan fingerprint density at radius 2 is 2.25 bits per heavy atom. The molecule has 0 amide bonds. The van der Waals surface area contributed by atoms with Crippen LogP contribution in [0, 0.1) is 0 Å². The van der Waals surface area contributed by atoms with E-state index >= 15 is 0 Å². The molecule has 0 spiro atoms. The van der Waals surface area contributed by atoms with Crippen LogP contribution in [0.25, 0.3) is 11.8 Å². The SMILES string of the molecule is O=C/C=C/c1cc(Cl)ccc1-n1cnnn1. The quantitative estimate of drug-likeness (QED) is 0.597. The third-order valence-electron chi connectivity index (χ3n) is 1.94. The monoisotopic (exact) mass is 234 g/mol. The van der Waals surface area contributed by atoms with E-state index < -0.39 is 0 Å². The van der Waals surface area contributed by atoms with Crippen molar-refractivity contribution in [3.05, 3.63) is 41.2 Å². The lowest BCUT2D eigenvalue weighted by Crippen LogP contribution is -1.97. The Morgan fingerprint density at radius 1 is 1.38 bits per heavy atom. The van der Waals surface area contributed by atoms with Gasteiger partial charge < -0.3 is 0 Å². The molecular weight excluding hydrogens is 228 g/mol. The summed E-state index contributed by atoms with van der Waals surface area (Å²) in [6, 6.07) is 5.25. The van der Waals surface area contributed by atoms with Crippen LogP contribution in [-0.2, 0) is 4.79 Å². The van der Waals surface area contributed by atoms with E-state index in [2.05, 4.69) is 15.5 Å². The molecule has 2 aromatic rings. The highest BCUT2D eigenvalue weighted by Gasteiger charge is 2.04. The second kappa shape index (κ2) is 4.67. The number of benzene rings is 1. The van der Waals surface area contributed by atoms with Crippen molar-refractivity contribution < 1.29 is 4.79 Å². The van der Waals surface area contributed by atoms with Crippen molar-refractivity contribution in [2.24, 2.45) is 0 Å². The van der Waals surface area contributed by atoms with Crippen molar-refractivity contribution in [1.82, 2.24) is 20.2 Å². The van der Waals surface area contributed by atoms with E-state index in [9.17, 15) is 4.79 Å². The third kappa shape index (κ3) is 2.14. The summed E-state index contributed by atoms with van der Waals surface area (Å²) in [7, 11) is 0. The average molecular weight is 235 g/mol. The maximum Gasteiger partial charge on any atom is 0.143 e. The van der Waals surface area contributed by atoms with E-state index in [1.54, 1.807) is 24.3 Å². The van der Waals surface area contributed by atoms with Gasteiger partial charge in [0.05, 0.1) is 5.69 Å². The molecule has 2 rings (SSSR count). The fraction of sp³-hybridized carbons (Fsp3) is 0. The summed E-state index contributed by atoms with van der Waals surface area (Å²) < 4.78 is 1.50. The number of aromatic nitrogens is 4. The van der Waals surface area contributed by atoms with E-state index in [4.69, 9.17) is 11.6 Å². The van der Waals surface area contributed by atoms with Gasteiger partial charge in [-0.15, -0.1) is 5.10 Å². The van der Waals surface area contributed by atoms with Crippen molar-refractivity contribution in [3.63, 3.8) is 0 Å². The summed E-state index contributed by atoms with van der Waals surface area (Å²) in [5.41, 5.74) is 1.53. The summed E-state index contributed by atoms with van der Waals surface area (Å²) in [5, 5.41) is 11.5. The summed E-state index contributed by atoms with van der Waals surface area (Å²) in [4.78, 5) is 10.3. The Labute approximate surface area is 96.3 Å². The van der Waals surface area contributed by atoms with E-state index in [1.807, 2.05) is 0 Å². The molecule has 0 radical (unpaired) electrons. The molecule has 5 nitrogen and oxygen atoms in total. The molecule has 0 saturated heterocycles. The van der Waals surface area contributed by atoms with Gasteiger partial charge in [0, 0.05) is 10.6 Å². The highest BCUT2D eigenvalue weighted by Crippen LogP contribution is 2.19. The van der Waals surface area contributed by atoms with Crippen LogP contribution < -0.4 is 0 Å². The third-order valence-corrected chi connectivity index (χ3v) is 2.17. The Morgan fingerprint density at radius 3 is 2.94 bits per heavy atom. The first-order chi connectivity index (χ1) is 7.81. The minimum absolute atomic E-state index is 0.586. The van der Waals surface area contributed by atoms with Crippen LogP contribution in [0.3, 0.4) is 0 Å². The minimum atomic E-state index is 0.586. The molecule has 0 unspecified atom stereocenters. The minimum Gasteiger partial charge on any atom is -0.299 e. The normalized spacial score (nSPS) is 10.8. The van der Waals surface area contributed by atoms with Crippen LogP contribution in [0.1, 0.15) is 5.56 Å². The fourth-order valence-electron chi connectivity index (χ4n) is 1.28. The van der Waals surface area contributed by atoms with Crippen LogP contribution in [0.5, 0.6) is 0 Å². The first-order valence-corrected chi connectivity index (χ1v) is 4.84. The first kappa shape index (κ1) is 10.5. The Bertz CT molecular complexity index is 522. The second-order valence-electron chi connectivity index (χ2n) is 2.95. The molecular formula is C10H7ClN4O. The smallest absolute Gasteiger partial charge is 0.143 e. The molecule has 0 fully saturated rings. The van der Waals surface area contributed by atoms with E-state index in [-0.39, 0.29) is 0 Å². The van der Waals surface area contributed by atoms with Crippen LogP contribution >= 0.6 is 11.6 Å². The number of hydrogen-bond donors (Lipinski definition) is 0. The number of hydrogen-bond acceptors (Lipinski definition) is 4. The number of tetrazole rings is 1. The molecule has 16 heavy (non-hydrogen) atoms. The zero-order valence-corrected chi connectivity index (χ0v) is 8.87. The Kier molecular flexibility index (Phi) is 3.07.